The van der Waals surface area contributed by atoms with Crippen LogP contribution in [0.15, 0.2) is 40.5 Å². The molecule has 5 nitrogen and oxygen atoms in total. The van der Waals surface area contributed by atoms with E-state index in [1.54, 1.807) is 12.1 Å². The number of aliphatic imine (C=N–C) groups is 1. The average molecular weight is 356 g/mol. The van der Waals surface area contributed by atoms with Crippen LogP contribution in [0.2, 0.25) is 0 Å². The van der Waals surface area contributed by atoms with Gasteiger partial charge in [-0.05, 0) is 30.6 Å². The van der Waals surface area contributed by atoms with Crippen LogP contribution in [0.1, 0.15) is 44.6 Å². The molecule has 2 aliphatic heterocycles. The number of nitrogens with zero attached hydrogens (tertiary/aromatic N) is 2. The Bertz CT molecular complexity index is 841. The van der Waals surface area contributed by atoms with E-state index in [0.29, 0.717) is 0 Å². The molecule has 0 amide bonds. The summed E-state index contributed by atoms with van der Waals surface area (Å²) in [6.45, 7) is 3.98. The minimum absolute atomic E-state index is 0.0780. The van der Waals surface area contributed by atoms with Crippen LogP contribution < -0.4 is 0 Å². The number of nitro benzene ring substituents is 1. The van der Waals surface area contributed by atoms with Crippen LogP contribution in [-0.2, 0) is 4.79 Å². The maximum atomic E-state index is 13.2. The molecule has 2 unspecified atom stereocenters. The van der Waals surface area contributed by atoms with Crippen LogP contribution in [0.25, 0.3) is 0 Å². The van der Waals surface area contributed by atoms with E-state index in [4.69, 9.17) is 4.99 Å². The lowest BCUT2D eigenvalue weighted by Gasteiger charge is -2.38. The summed E-state index contributed by atoms with van der Waals surface area (Å²) in [5, 5.41) is 11.3. The Morgan fingerprint density at radius 1 is 1.32 bits per heavy atom. The van der Waals surface area contributed by atoms with Gasteiger partial charge in [0.05, 0.1) is 10.2 Å². The van der Waals surface area contributed by atoms with Crippen molar-refractivity contribution in [3.63, 3.8) is 0 Å². The van der Waals surface area contributed by atoms with E-state index in [-0.39, 0.29) is 27.6 Å². The van der Waals surface area contributed by atoms with Crippen molar-refractivity contribution in [2.75, 3.05) is 5.75 Å². The largest absolute Gasteiger partial charge is 0.294 e. The summed E-state index contributed by atoms with van der Waals surface area (Å²) in [7, 11) is 0. The molecule has 1 aromatic carbocycles. The van der Waals surface area contributed by atoms with Crippen LogP contribution >= 0.6 is 11.8 Å². The Labute approximate surface area is 150 Å². The third kappa shape index (κ3) is 2.63. The number of hydrogen-bond donors (Lipinski definition) is 0. The summed E-state index contributed by atoms with van der Waals surface area (Å²) in [5.74, 6) is 1.02. The zero-order valence-electron chi connectivity index (χ0n) is 14.3. The van der Waals surface area contributed by atoms with Gasteiger partial charge in [0.2, 0.25) is 0 Å². The Morgan fingerprint density at radius 3 is 2.88 bits per heavy atom. The number of ketones is 1. The second kappa shape index (κ2) is 5.80. The van der Waals surface area contributed by atoms with E-state index in [0.717, 1.165) is 47.6 Å². The van der Waals surface area contributed by atoms with Crippen molar-refractivity contribution in [1.29, 1.82) is 0 Å². The molecule has 130 valence electrons. The van der Waals surface area contributed by atoms with Crippen LogP contribution in [0.4, 0.5) is 5.69 Å². The zero-order valence-corrected chi connectivity index (χ0v) is 15.1. The van der Waals surface area contributed by atoms with Crippen molar-refractivity contribution < 1.29 is 9.72 Å². The van der Waals surface area contributed by atoms with Gasteiger partial charge in [0.1, 0.15) is 0 Å². The highest BCUT2D eigenvalue weighted by atomic mass is 32.2. The molecule has 2 heterocycles. The number of nitro groups is 1. The first-order chi connectivity index (χ1) is 11.9. The highest BCUT2D eigenvalue weighted by Gasteiger charge is 2.47. The van der Waals surface area contributed by atoms with Gasteiger partial charge in [-0.25, -0.2) is 0 Å². The Morgan fingerprint density at radius 2 is 2.12 bits per heavy atom. The molecule has 1 fully saturated rings. The second-order valence-corrected chi connectivity index (χ2v) is 8.80. The third-order valence-corrected chi connectivity index (χ3v) is 6.82. The molecule has 3 aliphatic rings. The fraction of sp³-hybridized carbons (Fsp3) is 0.474. The third-order valence-electron chi connectivity index (χ3n) is 5.47. The van der Waals surface area contributed by atoms with Gasteiger partial charge in [0.15, 0.2) is 5.78 Å². The molecule has 0 aromatic heterocycles. The summed E-state index contributed by atoms with van der Waals surface area (Å²) in [6, 6.07) is 6.77. The smallest absolute Gasteiger partial charge is 0.269 e. The summed E-state index contributed by atoms with van der Waals surface area (Å²) in [4.78, 5) is 28.9. The summed E-state index contributed by atoms with van der Waals surface area (Å²) in [5.41, 5.74) is 3.39. The van der Waals surface area contributed by atoms with Crippen LogP contribution in [-0.4, -0.2) is 27.4 Å². The van der Waals surface area contributed by atoms with Gasteiger partial charge in [0.25, 0.3) is 5.69 Å². The molecule has 1 saturated heterocycles. The summed E-state index contributed by atoms with van der Waals surface area (Å²) < 4.78 is 0. The monoisotopic (exact) mass is 356 g/mol. The Balaban J connectivity index is 1.88. The van der Waals surface area contributed by atoms with Crippen molar-refractivity contribution in [3.8, 4) is 0 Å². The number of carbonyl (C=O) groups excluding carboxylic acids is 1. The fourth-order valence-corrected chi connectivity index (χ4v) is 5.48. The number of benzene rings is 1. The Kier molecular flexibility index (Phi) is 3.83. The summed E-state index contributed by atoms with van der Waals surface area (Å²) in [6.07, 6.45) is 2.55. The number of carbonyl (C=O) groups is 1. The van der Waals surface area contributed by atoms with Gasteiger partial charge in [0, 0.05) is 40.4 Å². The van der Waals surface area contributed by atoms with E-state index in [9.17, 15) is 14.9 Å². The number of Topliss-reactive ketones (excluding diaryl/α,β-unsaturated/α-hetero) is 1. The van der Waals surface area contributed by atoms with E-state index in [2.05, 4.69) is 0 Å². The molecule has 1 aromatic rings. The fourth-order valence-electron chi connectivity index (χ4n) is 4.05. The number of non-ortho nitro benzene ring substituents is 1. The molecule has 4 rings (SSSR count). The molecule has 2 atom stereocenters. The number of thioether (sulfide) groups is 1. The highest BCUT2D eigenvalue weighted by Crippen LogP contribution is 2.50. The maximum absolute atomic E-state index is 13.2. The maximum Gasteiger partial charge on any atom is 0.269 e. The van der Waals surface area contributed by atoms with Crippen molar-refractivity contribution in [3.05, 3.63) is 51.2 Å². The molecule has 0 spiro atoms. The molecule has 0 radical (unpaired) electrons. The molecular formula is C19H20N2O3S. The lowest BCUT2D eigenvalue weighted by Crippen LogP contribution is -2.38. The molecule has 6 heteroatoms. The van der Waals surface area contributed by atoms with Gasteiger partial charge in [-0.2, -0.15) is 11.8 Å². The second-order valence-electron chi connectivity index (χ2n) is 7.55. The van der Waals surface area contributed by atoms with Gasteiger partial charge >= 0.3 is 0 Å². The predicted octanol–water partition coefficient (Wildman–Crippen LogP) is 4.28. The molecule has 1 aliphatic carbocycles. The highest BCUT2D eigenvalue weighted by molar-refractivity contribution is 8.01. The molecule has 0 saturated carbocycles. The zero-order chi connectivity index (χ0) is 17.8. The first kappa shape index (κ1) is 16.5. The topological polar surface area (TPSA) is 72.6 Å². The van der Waals surface area contributed by atoms with Crippen LogP contribution in [0.5, 0.6) is 0 Å². The number of fused-ring (bicyclic) bond motifs is 1. The predicted molar refractivity (Wildman–Crippen MR) is 99.2 cm³/mol. The first-order valence-corrected chi connectivity index (χ1v) is 9.64. The lowest BCUT2D eigenvalue weighted by molar-refractivity contribution is -0.384. The average Bonchev–Trinajstić information content (AvgIpc) is 3.05. The van der Waals surface area contributed by atoms with Gasteiger partial charge in [-0.3, -0.25) is 19.9 Å². The number of allylic oxidation sites excluding steroid dienone is 2. The number of rotatable bonds is 2. The van der Waals surface area contributed by atoms with E-state index in [1.165, 1.54) is 6.07 Å². The molecule has 0 N–H and O–H groups in total. The molecule has 25 heavy (non-hydrogen) atoms. The van der Waals surface area contributed by atoms with E-state index in [1.807, 2.05) is 31.7 Å². The van der Waals surface area contributed by atoms with Crippen molar-refractivity contribution in [2.45, 2.75) is 44.3 Å². The SMILES string of the molecule is CC1(C)CCC2=C(C1=O)C(c1cccc([N+](=O)[O-])c1)C1SCCC1=N2. The van der Waals surface area contributed by atoms with Crippen molar-refractivity contribution in [2.24, 2.45) is 10.4 Å². The minimum atomic E-state index is -0.395. The first-order valence-electron chi connectivity index (χ1n) is 8.60. The Hall–Kier alpha value is -1.95. The van der Waals surface area contributed by atoms with Gasteiger partial charge in [-0.1, -0.05) is 26.0 Å². The van der Waals surface area contributed by atoms with Gasteiger partial charge in [-0.15, -0.1) is 0 Å². The molecular weight excluding hydrogens is 336 g/mol. The van der Waals surface area contributed by atoms with E-state index >= 15 is 0 Å². The molecule has 0 bridgehead atoms. The van der Waals surface area contributed by atoms with Crippen LogP contribution in [0, 0.1) is 15.5 Å². The quantitative estimate of drug-likeness (QED) is 0.585. The minimum Gasteiger partial charge on any atom is -0.294 e. The summed E-state index contributed by atoms with van der Waals surface area (Å²) >= 11 is 1.81. The standard InChI is InChI=1S/C19H20N2O3S/c1-19(2)8-6-13-16(18(19)22)15(17-14(20-13)7-9-25-17)11-4-3-5-12(10-11)21(23)24/h3-5,10,15,17H,6-9H2,1-2H3. The van der Waals surface area contributed by atoms with E-state index < -0.39 is 5.41 Å². The normalized spacial score (nSPS) is 27.6. The lowest BCUT2D eigenvalue weighted by atomic mass is 9.68. The number of hydrogen-bond acceptors (Lipinski definition) is 5. The van der Waals surface area contributed by atoms with Crippen molar-refractivity contribution in [1.82, 2.24) is 0 Å². The van der Waals surface area contributed by atoms with Crippen LogP contribution in [0.3, 0.4) is 0 Å². The van der Waals surface area contributed by atoms with Crippen molar-refractivity contribution >= 4 is 28.9 Å². The van der Waals surface area contributed by atoms with Gasteiger partial charge < -0.3 is 0 Å².